The number of nitrogen functional groups attached to an aromatic ring is 1. The Labute approximate surface area is 169 Å². The Morgan fingerprint density at radius 3 is 2.62 bits per heavy atom. The van der Waals surface area contributed by atoms with Crippen LogP contribution in [0, 0.1) is 19.7 Å². The number of halogens is 1. The van der Waals surface area contributed by atoms with Crippen molar-refractivity contribution in [1.82, 2.24) is 19.7 Å². The third kappa shape index (κ3) is 3.50. The minimum absolute atomic E-state index is 0.0955. The fourth-order valence-electron chi connectivity index (χ4n) is 3.53. The summed E-state index contributed by atoms with van der Waals surface area (Å²) in [5, 5.41) is 2.51. The molecule has 0 aliphatic carbocycles. The Balaban J connectivity index is 2.29. The second-order valence-corrected chi connectivity index (χ2v) is 7.35. The van der Waals surface area contributed by atoms with Gasteiger partial charge >= 0.3 is 0 Å². The molecule has 1 aromatic carbocycles. The smallest absolute Gasteiger partial charge is 0.257 e. The van der Waals surface area contributed by atoms with Gasteiger partial charge < -0.3 is 15.8 Å². The van der Waals surface area contributed by atoms with Crippen molar-refractivity contribution < 1.29 is 13.9 Å². The number of carbonyl (C=O) groups is 1. The second-order valence-electron chi connectivity index (χ2n) is 7.35. The maximum atomic E-state index is 14.9. The van der Waals surface area contributed by atoms with E-state index in [0.717, 1.165) is 11.2 Å². The standard InChI is InChI=1S/C21H26FN5O2/c1-10(2)29-18-14(9-11(3)16(22)15(18)21(28)24-6)12(4)20-26-13(5)17-19(23)25-7-8-27(17)20/h7-10,12H,1-6H3,(H2,23,25)(H,24,28)/t12-/m0/s1. The van der Waals surface area contributed by atoms with Gasteiger partial charge in [0.05, 0.1) is 11.8 Å². The van der Waals surface area contributed by atoms with E-state index in [1.54, 1.807) is 25.4 Å². The summed E-state index contributed by atoms with van der Waals surface area (Å²) in [7, 11) is 1.47. The number of nitrogens with zero attached hydrogens (tertiary/aromatic N) is 3. The zero-order valence-corrected chi connectivity index (χ0v) is 17.5. The summed E-state index contributed by atoms with van der Waals surface area (Å²) < 4.78 is 22.7. The van der Waals surface area contributed by atoms with Gasteiger partial charge in [0.25, 0.3) is 5.91 Å². The number of benzene rings is 1. The largest absolute Gasteiger partial charge is 0.490 e. The molecule has 154 valence electrons. The van der Waals surface area contributed by atoms with Crippen molar-refractivity contribution in [3.05, 3.63) is 52.5 Å². The highest BCUT2D eigenvalue weighted by Gasteiger charge is 2.28. The highest BCUT2D eigenvalue weighted by molar-refractivity contribution is 5.98. The van der Waals surface area contributed by atoms with Gasteiger partial charge in [-0.1, -0.05) is 6.92 Å². The monoisotopic (exact) mass is 399 g/mol. The topological polar surface area (TPSA) is 94.5 Å². The van der Waals surface area contributed by atoms with Crippen molar-refractivity contribution in [2.75, 3.05) is 12.8 Å². The van der Waals surface area contributed by atoms with Gasteiger partial charge in [0.15, 0.2) is 0 Å². The summed E-state index contributed by atoms with van der Waals surface area (Å²) in [6.45, 7) is 9.11. The number of rotatable bonds is 5. The summed E-state index contributed by atoms with van der Waals surface area (Å²) >= 11 is 0. The second kappa shape index (κ2) is 7.69. The lowest BCUT2D eigenvalue weighted by molar-refractivity contribution is 0.0952. The molecular weight excluding hydrogens is 373 g/mol. The average Bonchev–Trinajstić information content (AvgIpc) is 3.01. The van der Waals surface area contributed by atoms with Crippen LogP contribution < -0.4 is 15.8 Å². The number of hydrogen-bond donors (Lipinski definition) is 2. The maximum absolute atomic E-state index is 14.9. The molecule has 2 aromatic heterocycles. The molecule has 29 heavy (non-hydrogen) atoms. The van der Waals surface area contributed by atoms with Gasteiger partial charge in [0, 0.05) is 30.9 Å². The zero-order chi connectivity index (χ0) is 21.5. The number of aromatic nitrogens is 3. The van der Waals surface area contributed by atoms with Gasteiger partial charge in [0.1, 0.15) is 34.3 Å². The van der Waals surface area contributed by atoms with Crippen molar-refractivity contribution in [1.29, 1.82) is 0 Å². The zero-order valence-electron chi connectivity index (χ0n) is 17.5. The number of anilines is 1. The first-order valence-corrected chi connectivity index (χ1v) is 9.48. The molecule has 0 bridgehead atoms. The summed E-state index contributed by atoms with van der Waals surface area (Å²) in [5.41, 5.74) is 8.45. The first kappa shape index (κ1) is 20.6. The van der Waals surface area contributed by atoms with Gasteiger partial charge in [-0.2, -0.15) is 0 Å². The minimum Gasteiger partial charge on any atom is -0.490 e. The Bertz CT molecular complexity index is 1090. The van der Waals surface area contributed by atoms with E-state index in [1.807, 2.05) is 32.1 Å². The molecule has 3 N–H and O–H groups in total. The first-order chi connectivity index (χ1) is 13.7. The highest BCUT2D eigenvalue weighted by atomic mass is 19.1. The van der Waals surface area contributed by atoms with Crippen molar-refractivity contribution in [3.63, 3.8) is 0 Å². The van der Waals surface area contributed by atoms with Crippen LogP contribution in [0.4, 0.5) is 10.2 Å². The van der Waals surface area contributed by atoms with Crippen LogP contribution >= 0.6 is 0 Å². The van der Waals surface area contributed by atoms with E-state index in [0.29, 0.717) is 22.8 Å². The average molecular weight is 399 g/mol. The van der Waals surface area contributed by atoms with E-state index in [2.05, 4.69) is 15.3 Å². The maximum Gasteiger partial charge on any atom is 0.257 e. The number of carbonyl (C=O) groups excluding carboxylic acids is 1. The van der Waals surface area contributed by atoms with E-state index in [4.69, 9.17) is 10.5 Å². The molecule has 3 rings (SSSR count). The molecule has 2 heterocycles. The van der Waals surface area contributed by atoms with E-state index < -0.39 is 11.7 Å². The predicted octanol–water partition coefficient (Wildman–Crippen LogP) is 3.37. The molecule has 8 heteroatoms. The molecule has 0 aliphatic rings. The van der Waals surface area contributed by atoms with Crippen LogP contribution in [0.3, 0.4) is 0 Å². The number of imidazole rings is 1. The van der Waals surface area contributed by atoms with Crippen molar-refractivity contribution in [2.24, 2.45) is 0 Å². The first-order valence-electron chi connectivity index (χ1n) is 9.48. The predicted molar refractivity (Wildman–Crippen MR) is 110 cm³/mol. The number of hydrogen-bond acceptors (Lipinski definition) is 5. The fraction of sp³-hybridized carbons (Fsp3) is 0.381. The molecule has 1 amide bonds. The van der Waals surface area contributed by atoms with Crippen molar-refractivity contribution in [3.8, 4) is 5.75 Å². The number of amides is 1. The molecule has 0 fully saturated rings. The molecule has 3 aromatic rings. The quantitative estimate of drug-likeness (QED) is 0.686. The van der Waals surface area contributed by atoms with E-state index in [-0.39, 0.29) is 23.3 Å². The van der Waals surface area contributed by atoms with Crippen molar-refractivity contribution >= 4 is 17.2 Å². The van der Waals surface area contributed by atoms with E-state index in [1.165, 1.54) is 7.05 Å². The lowest BCUT2D eigenvalue weighted by atomic mass is 9.93. The highest BCUT2D eigenvalue weighted by Crippen LogP contribution is 2.38. The summed E-state index contributed by atoms with van der Waals surface area (Å²) in [6, 6.07) is 1.71. The Hall–Kier alpha value is -3.16. The van der Waals surface area contributed by atoms with Crippen LogP contribution in [0.5, 0.6) is 5.75 Å². The normalized spacial score (nSPS) is 12.4. The molecular formula is C21H26FN5O2. The molecule has 0 saturated carbocycles. The third-order valence-electron chi connectivity index (χ3n) is 4.87. The molecule has 0 aliphatic heterocycles. The Morgan fingerprint density at radius 2 is 2.00 bits per heavy atom. The lowest BCUT2D eigenvalue weighted by Crippen LogP contribution is -2.23. The SMILES string of the molecule is CNC(=O)c1c(F)c(C)cc([C@H](C)c2nc(C)c3c(N)nccn23)c1OC(C)C. The van der Waals surface area contributed by atoms with Crippen LogP contribution in [-0.4, -0.2) is 33.4 Å². The molecule has 0 radical (unpaired) electrons. The fourth-order valence-corrected chi connectivity index (χ4v) is 3.53. The van der Waals surface area contributed by atoms with E-state index in [9.17, 15) is 9.18 Å². The van der Waals surface area contributed by atoms with E-state index >= 15 is 0 Å². The van der Waals surface area contributed by atoms with Crippen LogP contribution in [0.2, 0.25) is 0 Å². The van der Waals surface area contributed by atoms with Crippen LogP contribution in [0.25, 0.3) is 5.52 Å². The van der Waals surface area contributed by atoms with Crippen LogP contribution in [-0.2, 0) is 0 Å². The molecule has 0 unspecified atom stereocenters. The molecule has 1 atom stereocenters. The number of nitrogens with one attached hydrogen (secondary N) is 1. The molecule has 0 saturated heterocycles. The summed E-state index contributed by atoms with van der Waals surface area (Å²) in [5.74, 6) is -0.104. The number of ether oxygens (including phenoxy) is 1. The van der Waals surface area contributed by atoms with Gasteiger partial charge in [-0.05, 0) is 39.3 Å². The Kier molecular flexibility index (Phi) is 5.46. The van der Waals surface area contributed by atoms with Gasteiger partial charge in [-0.3, -0.25) is 9.20 Å². The summed E-state index contributed by atoms with van der Waals surface area (Å²) in [4.78, 5) is 21.3. The number of nitrogens with two attached hydrogens (primary N) is 1. The Morgan fingerprint density at radius 1 is 1.31 bits per heavy atom. The van der Waals surface area contributed by atoms with Gasteiger partial charge in [0.2, 0.25) is 0 Å². The van der Waals surface area contributed by atoms with Crippen LogP contribution in [0.15, 0.2) is 18.5 Å². The summed E-state index contributed by atoms with van der Waals surface area (Å²) in [6.07, 6.45) is 3.15. The minimum atomic E-state index is -0.589. The molecule has 0 spiro atoms. The van der Waals surface area contributed by atoms with Crippen LogP contribution in [0.1, 0.15) is 59.7 Å². The number of aryl methyl sites for hydroxylation is 2. The lowest BCUT2D eigenvalue weighted by Gasteiger charge is -2.22. The third-order valence-corrected chi connectivity index (χ3v) is 4.87. The van der Waals surface area contributed by atoms with Gasteiger partial charge in [-0.25, -0.2) is 14.4 Å². The van der Waals surface area contributed by atoms with Gasteiger partial charge in [-0.15, -0.1) is 0 Å². The van der Waals surface area contributed by atoms with Crippen molar-refractivity contribution in [2.45, 2.75) is 46.6 Å². The molecule has 7 nitrogen and oxygen atoms in total. The number of fused-ring (bicyclic) bond motifs is 1.